The Morgan fingerprint density at radius 2 is 2.00 bits per heavy atom. The number of hydrogen-bond donors (Lipinski definition) is 2. The molecule has 0 aliphatic heterocycles. The molecule has 18 heavy (non-hydrogen) atoms. The Bertz CT molecular complexity index is 378. The lowest BCUT2D eigenvalue weighted by Crippen LogP contribution is -2.41. The van der Waals surface area contributed by atoms with E-state index in [-0.39, 0.29) is 11.9 Å². The molecule has 0 fully saturated rings. The summed E-state index contributed by atoms with van der Waals surface area (Å²) in [5, 5.41) is 3.61. The van der Waals surface area contributed by atoms with Gasteiger partial charge in [0, 0.05) is 5.02 Å². The number of nitrogens with one attached hydrogen (secondary N) is 1. The van der Waals surface area contributed by atoms with Gasteiger partial charge in [-0.05, 0) is 31.0 Å². The first-order valence-corrected chi connectivity index (χ1v) is 6.73. The molecule has 0 aliphatic rings. The van der Waals surface area contributed by atoms with Gasteiger partial charge in [0.05, 0.1) is 12.1 Å². The lowest BCUT2D eigenvalue weighted by molar-refractivity contribution is -0.123. The number of rotatable bonds is 6. The maximum Gasteiger partial charge on any atom is 0.237 e. The van der Waals surface area contributed by atoms with Gasteiger partial charge in [0.15, 0.2) is 0 Å². The van der Waals surface area contributed by atoms with E-state index in [9.17, 15) is 4.79 Å². The highest BCUT2D eigenvalue weighted by atomic mass is 35.5. The van der Waals surface area contributed by atoms with Crippen molar-refractivity contribution in [3.05, 3.63) is 34.9 Å². The van der Waals surface area contributed by atoms with E-state index in [2.05, 4.69) is 12.2 Å². The van der Waals surface area contributed by atoms with E-state index in [4.69, 9.17) is 17.3 Å². The third kappa shape index (κ3) is 4.67. The van der Waals surface area contributed by atoms with E-state index in [1.165, 1.54) is 0 Å². The van der Waals surface area contributed by atoms with Gasteiger partial charge in [0.25, 0.3) is 0 Å². The molecule has 0 bridgehead atoms. The van der Waals surface area contributed by atoms with Gasteiger partial charge in [-0.15, -0.1) is 0 Å². The Kier molecular flexibility index (Phi) is 6.16. The fourth-order valence-electron chi connectivity index (χ4n) is 1.71. The zero-order valence-electron chi connectivity index (χ0n) is 10.9. The molecule has 1 aromatic rings. The van der Waals surface area contributed by atoms with Crippen LogP contribution < -0.4 is 11.1 Å². The minimum Gasteiger partial charge on any atom is -0.348 e. The van der Waals surface area contributed by atoms with E-state index in [1.54, 1.807) is 0 Å². The van der Waals surface area contributed by atoms with Crippen LogP contribution in [0.3, 0.4) is 0 Å². The Labute approximate surface area is 114 Å². The zero-order chi connectivity index (χ0) is 13.5. The summed E-state index contributed by atoms with van der Waals surface area (Å²) < 4.78 is 0. The SMILES string of the molecule is CCCCC(N)C(=O)N[C@@H](C)c1ccc(Cl)cc1. The molecular weight excluding hydrogens is 248 g/mol. The molecule has 0 radical (unpaired) electrons. The number of benzene rings is 1. The van der Waals surface area contributed by atoms with Crippen LogP contribution in [0.15, 0.2) is 24.3 Å². The molecule has 4 heteroatoms. The van der Waals surface area contributed by atoms with E-state index >= 15 is 0 Å². The van der Waals surface area contributed by atoms with Gasteiger partial charge < -0.3 is 11.1 Å². The zero-order valence-corrected chi connectivity index (χ0v) is 11.7. The van der Waals surface area contributed by atoms with Crippen LogP contribution in [0.1, 0.15) is 44.7 Å². The molecule has 2 atom stereocenters. The summed E-state index contributed by atoms with van der Waals surface area (Å²) in [5.41, 5.74) is 6.84. The largest absolute Gasteiger partial charge is 0.348 e. The Balaban J connectivity index is 2.51. The molecule has 3 nitrogen and oxygen atoms in total. The molecule has 3 N–H and O–H groups in total. The van der Waals surface area contributed by atoms with E-state index in [0.29, 0.717) is 5.02 Å². The Morgan fingerprint density at radius 1 is 1.39 bits per heavy atom. The molecule has 100 valence electrons. The van der Waals surface area contributed by atoms with Gasteiger partial charge in [-0.25, -0.2) is 0 Å². The van der Waals surface area contributed by atoms with Crippen LogP contribution in [0.5, 0.6) is 0 Å². The minimum atomic E-state index is -0.417. The molecular formula is C14H21ClN2O. The molecule has 0 aromatic heterocycles. The second kappa shape index (κ2) is 7.39. The predicted octanol–water partition coefficient (Wildman–Crippen LogP) is 3.03. The van der Waals surface area contributed by atoms with Crippen molar-refractivity contribution >= 4 is 17.5 Å². The van der Waals surface area contributed by atoms with Crippen LogP contribution in [-0.4, -0.2) is 11.9 Å². The van der Waals surface area contributed by atoms with Crippen molar-refractivity contribution in [2.75, 3.05) is 0 Å². The maximum absolute atomic E-state index is 11.8. The van der Waals surface area contributed by atoms with E-state index < -0.39 is 6.04 Å². The van der Waals surface area contributed by atoms with E-state index in [1.807, 2.05) is 31.2 Å². The normalized spacial score (nSPS) is 14.0. The molecule has 0 saturated heterocycles. The number of carbonyl (C=O) groups is 1. The first-order valence-electron chi connectivity index (χ1n) is 6.36. The number of nitrogens with two attached hydrogens (primary N) is 1. The lowest BCUT2D eigenvalue weighted by Gasteiger charge is -2.17. The minimum absolute atomic E-state index is 0.0533. The van der Waals surface area contributed by atoms with Crippen molar-refractivity contribution in [3.8, 4) is 0 Å². The molecule has 1 unspecified atom stereocenters. The summed E-state index contributed by atoms with van der Waals surface area (Å²) in [6, 6.07) is 6.98. The van der Waals surface area contributed by atoms with E-state index in [0.717, 1.165) is 24.8 Å². The monoisotopic (exact) mass is 268 g/mol. The standard InChI is InChI=1S/C14H21ClN2O/c1-3-4-5-13(16)14(18)17-10(2)11-6-8-12(15)9-7-11/h6-10,13H,3-5,16H2,1-2H3,(H,17,18)/t10-,13?/m0/s1. The summed E-state index contributed by atoms with van der Waals surface area (Å²) >= 11 is 5.82. The first-order chi connectivity index (χ1) is 8.54. The smallest absolute Gasteiger partial charge is 0.237 e. The summed E-state index contributed by atoms with van der Waals surface area (Å²) in [6.07, 6.45) is 2.76. The third-order valence-corrected chi connectivity index (χ3v) is 3.19. The van der Waals surface area contributed by atoms with Crippen molar-refractivity contribution in [1.29, 1.82) is 0 Å². The summed E-state index contributed by atoms with van der Waals surface area (Å²) in [5.74, 6) is -0.0918. The average molecular weight is 269 g/mol. The van der Waals surface area contributed by atoms with Crippen LogP contribution in [-0.2, 0) is 4.79 Å². The quantitative estimate of drug-likeness (QED) is 0.833. The average Bonchev–Trinajstić information content (AvgIpc) is 2.36. The third-order valence-electron chi connectivity index (χ3n) is 2.93. The Morgan fingerprint density at radius 3 is 2.56 bits per heavy atom. The highest BCUT2D eigenvalue weighted by Crippen LogP contribution is 2.16. The van der Waals surface area contributed by atoms with Crippen LogP contribution in [0.4, 0.5) is 0 Å². The molecule has 1 aromatic carbocycles. The topological polar surface area (TPSA) is 55.1 Å². The van der Waals surface area contributed by atoms with Crippen molar-refractivity contribution in [1.82, 2.24) is 5.32 Å². The second-order valence-electron chi connectivity index (χ2n) is 4.53. The summed E-state index contributed by atoms with van der Waals surface area (Å²) in [6.45, 7) is 4.02. The number of halogens is 1. The molecule has 0 saturated carbocycles. The molecule has 0 aliphatic carbocycles. The van der Waals surface area contributed by atoms with Crippen molar-refractivity contribution in [3.63, 3.8) is 0 Å². The van der Waals surface area contributed by atoms with Crippen molar-refractivity contribution < 1.29 is 4.79 Å². The van der Waals surface area contributed by atoms with Gasteiger partial charge in [0.2, 0.25) is 5.91 Å². The van der Waals surface area contributed by atoms with Crippen LogP contribution >= 0.6 is 11.6 Å². The van der Waals surface area contributed by atoms with Gasteiger partial charge >= 0.3 is 0 Å². The number of amides is 1. The predicted molar refractivity (Wildman–Crippen MR) is 75.5 cm³/mol. The first kappa shape index (κ1) is 15.0. The van der Waals surface area contributed by atoms with Gasteiger partial charge in [-0.2, -0.15) is 0 Å². The fraction of sp³-hybridized carbons (Fsp3) is 0.500. The maximum atomic E-state index is 11.8. The highest BCUT2D eigenvalue weighted by molar-refractivity contribution is 6.30. The highest BCUT2D eigenvalue weighted by Gasteiger charge is 2.15. The van der Waals surface area contributed by atoms with Crippen LogP contribution in [0.2, 0.25) is 5.02 Å². The van der Waals surface area contributed by atoms with Gasteiger partial charge in [-0.3, -0.25) is 4.79 Å². The van der Waals surface area contributed by atoms with Gasteiger partial charge in [0.1, 0.15) is 0 Å². The molecule has 1 amide bonds. The number of hydrogen-bond acceptors (Lipinski definition) is 2. The van der Waals surface area contributed by atoms with Crippen molar-refractivity contribution in [2.24, 2.45) is 5.73 Å². The summed E-state index contributed by atoms with van der Waals surface area (Å²) in [4.78, 5) is 11.8. The molecule has 1 rings (SSSR count). The molecule has 0 spiro atoms. The fourth-order valence-corrected chi connectivity index (χ4v) is 1.84. The Hall–Kier alpha value is -1.06. The van der Waals surface area contributed by atoms with Crippen molar-refractivity contribution in [2.45, 2.75) is 45.2 Å². The summed E-state index contributed by atoms with van der Waals surface area (Å²) in [7, 11) is 0. The number of unbranched alkanes of at least 4 members (excludes halogenated alkanes) is 1. The lowest BCUT2D eigenvalue weighted by atomic mass is 10.1. The number of carbonyl (C=O) groups excluding carboxylic acids is 1. The molecule has 0 heterocycles. The van der Waals surface area contributed by atoms with Crippen LogP contribution in [0, 0.1) is 0 Å². The van der Waals surface area contributed by atoms with Crippen LogP contribution in [0.25, 0.3) is 0 Å². The second-order valence-corrected chi connectivity index (χ2v) is 4.97. The van der Waals surface area contributed by atoms with Gasteiger partial charge in [-0.1, -0.05) is 43.5 Å².